The summed E-state index contributed by atoms with van der Waals surface area (Å²) in [4.78, 5) is 56.1. The maximum absolute atomic E-state index is 13.6. The van der Waals surface area contributed by atoms with Gasteiger partial charge in [0, 0.05) is 19.1 Å². The first-order chi connectivity index (χ1) is 17.5. The first kappa shape index (κ1) is 26.4. The summed E-state index contributed by atoms with van der Waals surface area (Å²) >= 11 is 7.15. The van der Waals surface area contributed by atoms with Crippen LogP contribution in [0.4, 0.5) is 5.82 Å². The fraction of sp³-hybridized carbons (Fsp3) is 0.269. The predicted molar refractivity (Wildman–Crippen MR) is 147 cm³/mol. The quantitative estimate of drug-likeness (QED) is 0.216. The molecule has 0 spiro atoms. The van der Waals surface area contributed by atoms with E-state index in [1.165, 1.54) is 18.7 Å². The van der Waals surface area contributed by atoms with Crippen LogP contribution in [0.1, 0.15) is 42.1 Å². The Bertz CT molecular complexity index is 1710. The molecule has 11 heteroatoms. The number of Topliss-reactive ketones (excluding diaryl/α,β-unsaturated/α-hetero) is 1. The van der Waals surface area contributed by atoms with Gasteiger partial charge in [0.25, 0.3) is 11.1 Å². The molecule has 0 bridgehead atoms. The van der Waals surface area contributed by atoms with Gasteiger partial charge >= 0.3 is 5.69 Å². The maximum Gasteiger partial charge on any atom is 0.332 e. The number of nitrogen functional groups attached to an aromatic ring is 1. The van der Waals surface area contributed by atoms with Gasteiger partial charge in [-0.25, -0.2) is 9.78 Å². The van der Waals surface area contributed by atoms with Crippen molar-refractivity contribution in [3.05, 3.63) is 89.8 Å². The average Bonchev–Trinajstić information content (AvgIpc) is 2.90. The summed E-state index contributed by atoms with van der Waals surface area (Å²) < 4.78 is 3.31. The highest BCUT2D eigenvalue weighted by atomic mass is 35.5. The number of carbonyl (C=O) groups is 1. The van der Waals surface area contributed by atoms with E-state index in [1.54, 1.807) is 18.2 Å². The Morgan fingerprint density at radius 1 is 1.05 bits per heavy atom. The van der Waals surface area contributed by atoms with Crippen LogP contribution >= 0.6 is 23.4 Å². The van der Waals surface area contributed by atoms with Crippen molar-refractivity contribution < 1.29 is 4.79 Å². The molecule has 9 nitrogen and oxygen atoms in total. The van der Waals surface area contributed by atoms with Crippen LogP contribution in [-0.2, 0) is 14.1 Å². The number of carbonyl (C=O) groups excluding carboxylic acids is 1. The van der Waals surface area contributed by atoms with Gasteiger partial charge in [-0.15, -0.1) is 0 Å². The Balaban J connectivity index is 1.81. The molecule has 0 aliphatic rings. The van der Waals surface area contributed by atoms with E-state index >= 15 is 0 Å². The standard InChI is InChI=1S/C26H26ClN5O4S/c1-5-14(2)15-6-9-17(10-7-15)32-23(34)18-12-16(27)8-11-19(18)29-25(32)37-13-20(33)21-22(28)30(3)26(36)31(4)24(21)35/h6-12,14H,5,13,28H2,1-4H3. The molecule has 0 aliphatic heterocycles. The third-order valence-corrected chi connectivity index (χ3v) is 7.63. The summed E-state index contributed by atoms with van der Waals surface area (Å²) in [5, 5.41) is 1.01. The number of fused-ring (bicyclic) bond motifs is 1. The van der Waals surface area contributed by atoms with Gasteiger partial charge < -0.3 is 5.73 Å². The first-order valence-electron chi connectivity index (χ1n) is 11.6. The van der Waals surface area contributed by atoms with Crippen molar-refractivity contribution in [3.8, 4) is 5.69 Å². The molecule has 2 aromatic carbocycles. The van der Waals surface area contributed by atoms with Gasteiger partial charge in [0.1, 0.15) is 11.4 Å². The number of nitrogens with two attached hydrogens (primary N) is 1. The molecule has 37 heavy (non-hydrogen) atoms. The van der Waals surface area contributed by atoms with Crippen LogP contribution in [0.5, 0.6) is 0 Å². The Morgan fingerprint density at radius 2 is 1.73 bits per heavy atom. The number of halogens is 1. The number of aromatic nitrogens is 4. The van der Waals surface area contributed by atoms with Gasteiger partial charge in [-0.3, -0.25) is 28.1 Å². The van der Waals surface area contributed by atoms with Crippen LogP contribution in [0.3, 0.4) is 0 Å². The van der Waals surface area contributed by atoms with E-state index in [4.69, 9.17) is 17.3 Å². The number of ketones is 1. The number of hydrogen-bond donors (Lipinski definition) is 1. The predicted octanol–water partition coefficient (Wildman–Crippen LogP) is 3.51. The van der Waals surface area contributed by atoms with Gasteiger partial charge in [-0.2, -0.15) is 0 Å². The monoisotopic (exact) mass is 539 g/mol. The van der Waals surface area contributed by atoms with Crippen LogP contribution in [0, 0.1) is 0 Å². The Kier molecular flexibility index (Phi) is 7.42. The average molecular weight is 540 g/mol. The molecule has 2 N–H and O–H groups in total. The molecular formula is C26H26ClN5O4S. The largest absolute Gasteiger partial charge is 0.384 e. The molecule has 0 radical (unpaired) electrons. The minimum atomic E-state index is -0.773. The van der Waals surface area contributed by atoms with E-state index < -0.39 is 17.0 Å². The minimum absolute atomic E-state index is 0.210. The van der Waals surface area contributed by atoms with Gasteiger partial charge in [0.05, 0.1) is 22.3 Å². The zero-order valence-electron chi connectivity index (χ0n) is 20.8. The lowest BCUT2D eigenvalue weighted by atomic mass is 9.98. The lowest BCUT2D eigenvalue weighted by molar-refractivity contribution is 0.102. The molecule has 1 unspecified atom stereocenters. The number of rotatable bonds is 7. The summed E-state index contributed by atoms with van der Waals surface area (Å²) in [5.74, 6) is -0.657. The lowest BCUT2D eigenvalue weighted by Crippen LogP contribution is -2.41. The van der Waals surface area contributed by atoms with Gasteiger partial charge in [-0.1, -0.05) is 49.3 Å². The normalized spacial score (nSPS) is 12.1. The summed E-state index contributed by atoms with van der Waals surface area (Å²) in [6.45, 7) is 4.24. The van der Waals surface area contributed by atoms with Crippen LogP contribution in [0.15, 0.2) is 62.0 Å². The Labute approximate surface area is 221 Å². The van der Waals surface area contributed by atoms with Gasteiger partial charge in [-0.05, 0) is 48.2 Å². The Morgan fingerprint density at radius 3 is 2.38 bits per heavy atom. The zero-order valence-corrected chi connectivity index (χ0v) is 22.4. The molecule has 0 saturated carbocycles. The van der Waals surface area contributed by atoms with Gasteiger partial charge in [0.2, 0.25) is 0 Å². The van der Waals surface area contributed by atoms with E-state index in [0.29, 0.717) is 27.5 Å². The minimum Gasteiger partial charge on any atom is -0.384 e. The number of hydrogen-bond acceptors (Lipinski definition) is 7. The molecule has 2 heterocycles. The summed E-state index contributed by atoms with van der Waals surface area (Å²) in [7, 11) is 2.67. The molecule has 4 aromatic rings. The molecule has 4 rings (SSSR count). The van der Waals surface area contributed by atoms with E-state index in [9.17, 15) is 19.2 Å². The molecule has 192 valence electrons. The molecule has 0 aliphatic carbocycles. The lowest BCUT2D eigenvalue weighted by Gasteiger charge is -2.15. The van der Waals surface area contributed by atoms with Crippen molar-refractivity contribution in [2.45, 2.75) is 31.3 Å². The van der Waals surface area contributed by atoms with E-state index in [-0.39, 0.29) is 27.8 Å². The van der Waals surface area contributed by atoms with Crippen LogP contribution in [0.25, 0.3) is 16.6 Å². The third-order valence-electron chi connectivity index (χ3n) is 6.45. The highest BCUT2D eigenvalue weighted by Crippen LogP contribution is 2.26. The van der Waals surface area contributed by atoms with Crippen LogP contribution in [0.2, 0.25) is 5.02 Å². The number of nitrogens with zero attached hydrogens (tertiary/aromatic N) is 4. The molecule has 0 saturated heterocycles. The smallest absolute Gasteiger partial charge is 0.332 e. The first-order valence-corrected chi connectivity index (χ1v) is 13.0. The number of thioether (sulfide) groups is 1. The topological polar surface area (TPSA) is 122 Å². The van der Waals surface area contributed by atoms with Crippen molar-refractivity contribution >= 4 is 45.9 Å². The van der Waals surface area contributed by atoms with E-state index in [2.05, 4.69) is 18.8 Å². The van der Waals surface area contributed by atoms with Crippen LogP contribution < -0.4 is 22.5 Å². The third kappa shape index (κ3) is 4.86. The highest BCUT2D eigenvalue weighted by molar-refractivity contribution is 7.99. The fourth-order valence-corrected chi connectivity index (χ4v) is 5.03. The van der Waals surface area contributed by atoms with E-state index in [0.717, 1.165) is 32.9 Å². The zero-order chi connectivity index (χ0) is 27.0. The highest BCUT2D eigenvalue weighted by Gasteiger charge is 2.22. The second-order valence-corrected chi connectivity index (χ2v) is 10.2. The molecule has 0 fully saturated rings. The second kappa shape index (κ2) is 10.4. The fourth-order valence-electron chi connectivity index (χ4n) is 3.97. The van der Waals surface area contributed by atoms with Crippen molar-refractivity contribution in [1.82, 2.24) is 18.7 Å². The van der Waals surface area contributed by atoms with E-state index in [1.807, 2.05) is 24.3 Å². The maximum atomic E-state index is 13.6. The molecule has 0 amide bonds. The summed E-state index contributed by atoms with van der Waals surface area (Å²) in [5.41, 5.74) is 6.07. The molecule has 2 aromatic heterocycles. The van der Waals surface area contributed by atoms with Crippen molar-refractivity contribution in [1.29, 1.82) is 0 Å². The molecule has 1 atom stereocenters. The van der Waals surface area contributed by atoms with Crippen molar-refractivity contribution in [3.63, 3.8) is 0 Å². The van der Waals surface area contributed by atoms with Crippen molar-refractivity contribution in [2.75, 3.05) is 11.5 Å². The SMILES string of the molecule is CCC(C)c1ccc(-n2c(SCC(=O)c3c(N)n(C)c(=O)n(C)c3=O)nc3ccc(Cl)cc3c2=O)cc1. The number of anilines is 1. The second-order valence-electron chi connectivity index (χ2n) is 8.78. The number of benzene rings is 2. The van der Waals surface area contributed by atoms with Crippen molar-refractivity contribution in [2.24, 2.45) is 14.1 Å². The van der Waals surface area contributed by atoms with Crippen LogP contribution in [-0.4, -0.2) is 30.2 Å². The van der Waals surface area contributed by atoms with Gasteiger partial charge in [0.15, 0.2) is 10.9 Å². The summed E-state index contributed by atoms with van der Waals surface area (Å²) in [6.07, 6.45) is 0.978. The summed E-state index contributed by atoms with van der Waals surface area (Å²) in [6, 6.07) is 12.4. The molecular weight excluding hydrogens is 514 g/mol. The Hall–Kier alpha value is -3.63.